The summed E-state index contributed by atoms with van der Waals surface area (Å²) in [5.74, 6) is 0.103. The number of fused-ring (bicyclic) bond motifs is 1. The average molecular weight is 286 g/mol. The van der Waals surface area contributed by atoms with Crippen molar-refractivity contribution in [2.24, 2.45) is 5.92 Å². The van der Waals surface area contributed by atoms with Crippen LogP contribution in [0.1, 0.15) is 19.8 Å². The van der Waals surface area contributed by atoms with E-state index >= 15 is 0 Å². The molecule has 1 aromatic carbocycles. The van der Waals surface area contributed by atoms with Crippen LogP contribution in [0.25, 0.3) is 11.0 Å². The van der Waals surface area contributed by atoms with Crippen molar-refractivity contribution in [3.8, 4) is 0 Å². The highest BCUT2D eigenvalue weighted by atomic mass is 16.4. The van der Waals surface area contributed by atoms with Gasteiger partial charge >= 0.3 is 5.63 Å². The summed E-state index contributed by atoms with van der Waals surface area (Å²) in [6, 6.07) is 8.73. The van der Waals surface area contributed by atoms with Gasteiger partial charge < -0.3 is 15.1 Å². The van der Waals surface area contributed by atoms with Crippen LogP contribution < -0.4 is 16.3 Å². The van der Waals surface area contributed by atoms with Crippen LogP contribution in [0, 0.1) is 5.92 Å². The molecule has 2 heterocycles. The van der Waals surface area contributed by atoms with Gasteiger partial charge in [0.15, 0.2) is 0 Å². The third-order valence-corrected chi connectivity index (χ3v) is 3.88. The van der Waals surface area contributed by atoms with Crippen molar-refractivity contribution in [3.05, 3.63) is 40.8 Å². The lowest BCUT2D eigenvalue weighted by atomic mass is 9.92. The molecule has 2 atom stereocenters. The van der Waals surface area contributed by atoms with Crippen LogP contribution in [0.3, 0.4) is 0 Å². The molecule has 1 aromatic heterocycles. The van der Waals surface area contributed by atoms with Gasteiger partial charge in [0.25, 0.3) is 0 Å². The molecule has 5 heteroatoms. The van der Waals surface area contributed by atoms with Gasteiger partial charge in [-0.2, -0.15) is 0 Å². The van der Waals surface area contributed by atoms with Gasteiger partial charge in [0, 0.05) is 29.1 Å². The minimum atomic E-state index is -0.372. The molecule has 1 aliphatic rings. The number of carbonyl (C=O) groups excluding carboxylic acids is 1. The highest BCUT2D eigenvalue weighted by molar-refractivity contribution is 5.94. The molecule has 0 unspecified atom stereocenters. The van der Waals surface area contributed by atoms with Gasteiger partial charge in [-0.3, -0.25) is 4.79 Å². The summed E-state index contributed by atoms with van der Waals surface area (Å²) < 4.78 is 5.08. The Kier molecular flexibility index (Phi) is 3.75. The zero-order valence-corrected chi connectivity index (χ0v) is 11.9. The average Bonchev–Trinajstić information content (AvgIpc) is 2.47. The molecular weight excluding hydrogens is 268 g/mol. The Balaban J connectivity index is 1.76. The summed E-state index contributed by atoms with van der Waals surface area (Å²) in [7, 11) is 0. The smallest absolute Gasteiger partial charge is 0.336 e. The highest BCUT2D eigenvalue weighted by Crippen LogP contribution is 2.21. The lowest BCUT2D eigenvalue weighted by Crippen LogP contribution is -2.40. The van der Waals surface area contributed by atoms with Gasteiger partial charge in [-0.15, -0.1) is 0 Å². The Hall–Kier alpha value is -2.14. The van der Waals surface area contributed by atoms with Gasteiger partial charge in [0.1, 0.15) is 5.58 Å². The molecule has 1 amide bonds. The zero-order chi connectivity index (χ0) is 14.8. The molecule has 21 heavy (non-hydrogen) atoms. The summed E-state index contributed by atoms with van der Waals surface area (Å²) >= 11 is 0. The number of hydrogen-bond acceptors (Lipinski definition) is 4. The summed E-state index contributed by atoms with van der Waals surface area (Å²) in [5.41, 5.74) is 0.881. The Morgan fingerprint density at radius 2 is 2.19 bits per heavy atom. The first kappa shape index (κ1) is 13.8. The van der Waals surface area contributed by atoms with E-state index < -0.39 is 0 Å². The highest BCUT2D eigenvalue weighted by Gasteiger charge is 2.24. The third-order valence-electron chi connectivity index (χ3n) is 3.88. The van der Waals surface area contributed by atoms with Crippen molar-refractivity contribution in [2.75, 3.05) is 11.9 Å². The molecule has 0 radical (unpaired) electrons. The Labute approximate surface area is 122 Å². The topological polar surface area (TPSA) is 71.3 Å². The standard InChI is InChI=1S/C16H18N2O3/c1-10-8-12(6-7-17-10)16(20)18-13-3-4-14-11(9-13)2-5-15(19)21-14/h2-5,9-10,12,17H,6-8H2,1H3,(H,18,20)/t10-,12-/m0/s1. The van der Waals surface area contributed by atoms with Crippen LogP contribution in [0.2, 0.25) is 0 Å². The number of benzene rings is 1. The molecule has 1 aliphatic heterocycles. The van der Waals surface area contributed by atoms with Crippen LogP contribution in [-0.4, -0.2) is 18.5 Å². The Bertz CT molecular complexity index is 723. The van der Waals surface area contributed by atoms with Gasteiger partial charge in [-0.25, -0.2) is 4.79 Å². The van der Waals surface area contributed by atoms with Crippen LogP contribution in [0.5, 0.6) is 0 Å². The van der Waals surface area contributed by atoms with Gasteiger partial charge in [0.05, 0.1) is 0 Å². The van der Waals surface area contributed by atoms with E-state index in [9.17, 15) is 9.59 Å². The number of carbonyl (C=O) groups is 1. The van der Waals surface area contributed by atoms with E-state index in [1.807, 2.05) is 6.07 Å². The molecule has 3 rings (SSSR count). The molecule has 0 aliphatic carbocycles. The maximum absolute atomic E-state index is 12.3. The second kappa shape index (κ2) is 5.69. The number of nitrogens with one attached hydrogen (secondary N) is 2. The quantitative estimate of drug-likeness (QED) is 0.830. The molecule has 2 N–H and O–H groups in total. The van der Waals surface area contributed by atoms with Crippen molar-refractivity contribution in [3.63, 3.8) is 0 Å². The number of piperidine rings is 1. The van der Waals surface area contributed by atoms with Crippen LogP contribution in [0.15, 0.2) is 39.5 Å². The maximum atomic E-state index is 12.3. The molecule has 110 valence electrons. The predicted molar refractivity (Wildman–Crippen MR) is 81.3 cm³/mol. The first-order chi connectivity index (χ1) is 10.1. The van der Waals surface area contributed by atoms with Crippen molar-refractivity contribution in [1.29, 1.82) is 0 Å². The molecular formula is C16H18N2O3. The van der Waals surface area contributed by atoms with E-state index in [2.05, 4.69) is 17.6 Å². The minimum Gasteiger partial charge on any atom is -0.423 e. The SMILES string of the molecule is C[C@H]1C[C@@H](C(=O)Nc2ccc3oc(=O)ccc3c2)CCN1. The fraction of sp³-hybridized carbons (Fsp3) is 0.375. The van der Waals surface area contributed by atoms with Crippen molar-refractivity contribution >= 4 is 22.6 Å². The maximum Gasteiger partial charge on any atom is 0.336 e. The fourth-order valence-electron chi connectivity index (χ4n) is 2.76. The van der Waals surface area contributed by atoms with E-state index in [1.54, 1.807) is 18.2 Å². The molecule has 2 aromatic rings. The Morgan fingerprint density at radius 1 is 1.33 bits per heavy atom. The van der Waals surface area contributed by atoms with Gasteiger partial charge in [0.2, 0.25) is 5.91 Å². The van der Waals surface area contributed by atoms with E-state index in [-0.39, 0.29) is 17.5 Å². The fourth-order valence-corrected chi connectivity index (χ4v) is 2.76. The normalized spacial score (nSPS) is 22.1. The third kappa shape index (κ3) is 3.13. The number of amides is 1. The lowest BCUT2D eigenvalue weighted by Gasteiger charge is -2.27. The first-order valence-corrected chi connectivity index (χ1v) is 7.20. The number of hydrogen-bond donors (Lipinski definition) is 2. The molecule has 0 bridgehead atoms. The minimum absolute atomic E-state index is 0.0469. The van der Waals surface area contributed by atoms with Crippen molar-refractivity contribution < 1.29 is 9.21 Å². The number of rotatable bonds is 2. The zero-order valence-electron chi connectivity index (χ0n) is 11.9. The summed E-state index contributed by atoms with van der Waals surface area (Å²) in [5, 5.41) is 7.09. The molecule has 1 saturated heterocycles. The van der Waals surface area contributed by atoms with Crippen LogP contribution >= 0.6 is 0 Å². The largest absolute Gasteiger partial charge is 0.423 e. The van der Waals surface area contributed by atoms with Gasteiger partial charge in [-0.1, -0.05) is 0 Å². The number of anilines is 1. The molecule has 0 spiro atoms. The van der Waals surface area contributed by atoms with Crippen LogP contribution in [-0.2, 0) is 4.79 Å². The van der Waals surface area contributed by atoms with Crippen molar-refractivity contribution in [1.82, 2.24) is 5.32 Å². The molecule has 0 saturated carbocycles. The van der Waals surface area contributed by atoms with E-state index in [0.29, 0.717) is 11.6 Å². The monoisotopic (exact) mass is 286 g/mol. The lowest BCUT2D eigenvalue weighted by molar-refractivity contribution is -0.120. The molecule has 5 nitrogen and oxygen atoms in total. The van der Waals surface area contributed by atoms with E-state index in [0.717, 1.165) is 30.5 Å². The predicted octanol–water partition coefficient (Wildman–Crippen LogP) is 2.12. The first-order valence-electron chi connectivity index (χ1n) is 7.20. The van der Waals surface area contributed by atoms with E-state index in [1.165, 1.54) is 6.07 Å². The summed E-state index contributed by atoms with van der Waals surface area (Å²) in [4.78, 5) is 23.4. The molecule has 1 fully saturated rings. The van der Waals surface area contributed by atoms with Gasteiger partial charge in [-0.05, 0) is 50.6 Å². The van der Waals surface area contributed by atoms with E-state index in [4.69, 9.17) is 4.42 Å². The summed E-state index contributed by atoms with van der Waals surface area (Å²) in [6.45, 7) is 2.97. The second-order valence-corrected chi connectivity index (χ2v) is 5.57. The Morgan fingerprint density at radius 3 is 3.00 bits per heavy atom. The van der Waals surface area contributed by atoms with Crippen LogP contribution in [0.4, 0.5) is 5.69 Å². The van der Waals surface area contributed by atoms with Crippen molar-refractivity contribution in [2.45, 2.75) is 25.8 Å². The second-order valence-electron chi connectivity index (χ2n) is 5.57. The summed E-state index contributed by atoms with van der Waals surface area (Å²) in [6.07, 6.45) is 1.72.